The summed E-state index contributed by atoms with van der Waals surface area (Å²) >= 11 is 6.02. The van der Waals surface area contributed by atoms with Crippen molar-refractivity contribution in [3.63, 3.8) is 0 Å². The summed E-state index contributed by atoms with van der Waals surface area (Å²) in [6.45, 7) is 4.44. The van der Waals surface area contributed by atoms with Gasteiger partial charge >= 0.3 is 0 Å². The molecule has 0 saturated carbocycles. The average molecular weight is 362 g/mol. The Bertz CT molecular complexity index is 778. The molecule has 132 valence electrons. The van der Waals surface area contributed by atoms with Crippen LogP contribution in [-0.4, -0.2) is 18.8 Å². The molecular weight excluding hydrogens is 342 g/mol. The molecule has 1 aliphatic rings. The van der Waals surface area contributed by atoms with Crippen LogP contribution in [0.4, 0.5) is 0 Å². The minimum atomic E-state index is -0.561. The number of ether oxygens (including phenoxy) is 3. The molecule has 2 aromatic carbocycles. The lowest BCUT2D eigenvalue weighted by Crippen LogP contribution is -2.37. The van der Waals surface area contributed by atoms with E-state index >= 15 is 0 Å². The van der Waals surface area contributed by atoms with Crippen LogP contribution in [0.25, 0.3) is 0 Å². The van der Waals surface area contributed by atoms with Gasteiger partial charge < -0.3 is 19.5 Å². The second kappa shape index (κ2) is 7.66. The number of aryl methyl sites for hydroxylation is 1. The highest BCUT2D eigenvalue weighted by atomic mass is 35.5. The van der Waals surface area contributed by atoms with Crippen molar-refractivity contribution in [3.05, 3.63) is 52.5 Å². The van der Waals surface area contributed by atoms with E-state index in [4.69, 9.17) is 25.8 Å². The van der Waals surface area contributed by atoms with Gasteiger partial charge in [-0.2, -0.15) is 0 Å². The van der Waals surface area contributed by atoms with Gasteiger partial charge in [-0.3, -0.25) is 4.79 Å². The molecule has 0 fully saturated rings. The smallest absolute Gasteiger partial charge is 0.261 e. The summed E-state index contributed by atoms with van der Waals surface area (Å²) in [6, 6.07) is 11.0. The van der Waals surface area contributed by atoms with Crippen LogP contribution >= 0.6 is 11.6 Å². The van der Waals surface area contributed by atoms with Gasteiger partial charge in [-0.15, -0.1) is 0 Å². The van der Waals surface area contributed by atoms with E-state index in [0.717, 1.165) is 16.9 Å². The summed E-state index contributed by atoms with van der Waals surface area (Å²) in [5, 5.41) is 3.57. The molecule has 1 N–H and O–H groups in total. The molecule has 1 heterocycles. The van der Waals surface area contributed by atoms with Crippen molar-refractivity contribution < 1.29 is 19.0 Å². The molecule has 25 heavy (non-hydrogen) atoms. The number of hydrogen-bond donors (Lipinski definition) is 1. The molecule has 2 aromatic rings. The van der Waals surface area contributed by atoms with E-state index in [-0.39, 0.29) is 12.7 Å². The van der Waals surface area contributed by atoms with E-state index in [9.17, 15) is 4.79 Å². The van der Waals surface area contributed by atoms with E-state index in [2.05, 4.69) is 5.32 Å². The van der Waals surface area contributed by atoms with Crippen LogP contribution in [0.5, 0.6) is 17.2 Å². The second-order valence-electron chi connectivity index (χ2n) is 5.83. The largest absolute Gasteiger partial charge is 0.481 e. The maximum atomic E-state index is 12.4. The van der Waals surface area contributed by atoms with Crippen LogP contribution in [0, 0.1) is 6.92 Å². The number of fused-ring (bicyclic) bond motifs is 1. The zero-order chi connectivity index (χ0) is 17.8. The molecule has 0 aliphatic carbocycles. The number of rotatable bonds is 6. The number of benzene rings is 2. The lowest BCUT2D eigenvalue weighted by Gasteiger charge is -2.18. The van der Waals surface area contributed by atoms with E-state index < -0.39 is 6.10 Å². The van der Waals surface area contributed by atoms with Crippen molar-refractivity contribution in [2.45, 2.75) is 32.9 Å². The van der Waals surface area contributed by atoms with Gasteiger partial charge in [0, 0.05) is 11.6 Å². The minimum Gasteiger partial charge on any atom is -0.481 e. The Morgan fingerprint density at radius 3 is 2.80 bits per heavy atom. The van der Waals surface area contributed by atoms with Crippen LogP contribution in [-0.2, 0) is 11.3 Å². The second-order valence-corrected chi connectivity index (χ2v) is 6.24. The minimum absolute atomic E-state index is 0.159. The summed E-state index contributed by atoms with van der Waals surface area (Å²) in [7, 11) is 0. The molecule has 6 heteroatoms. The predicted molar refractivity (Wildman–Crippen MR) is 95.3 cm³/mol. The van der Waals surface area contributed by atoms with Crippen LogP contribution in [0.15, 0.2) is 36.4 Å². The van der Waals surface area contributed by atoms with Crippen LogP contribution in [0.1, 0.15) is 24.5 Å². The van der Waals surface area contributed by atoms with Gasteiger partial charge in [0.1, 0.15) is 5.75 Å². The fourth-order valence-corrected chi connectivity index (χ4v) is 2.65. The van der Waals surface area contributed by atoms with Crippen molar-refractivity contribution >= 4 is 17.5 Å². The van der Waals surface area contributed by atoms with Crippen LogP contribution in [0.2, 0.25) is 5.02 Å². The third-order valence-electron chi connectivity index (χ3n) is 3.97. The molecule has 5 nitrogen and oxygen atoms in total. The molecule has 0 bridgehead atoms. The number of carbonyl (C=O) groups excluding carboxylic acids is 1. The Hall–Kier alpha value is -2.40. The fourth-order valence-electron chi connectivity index (χ4n) is 2.53. The lowest BCUT2D eigenvalue weighted by atomic mass is 10.2. The Morgan fingerprint density at radius 1 is 1.24 bits per heavy atom. The van der Waals surface area contributed by atoms with Gasteiger partial charge in [0.15, 0.2) is 17.6 Å². The number of amides is 1. The molecule has 0 saturated heterocycles. The summed E-state index contributed by atoms with van der Waals surface area (Å²) < 4.78 is 16.4. The average Bonchev–Trinajstić information content (AvgIpc) is 3.08. The monoisotopic (exact) mass is 361 g/mol. The maximum Gasteiger partial charge on any atom is 0.261 e. The van der Waals surface area contributed by atoms with E-state index in [1.54, 1.807) is 12.1 Å². The van der Waals surface area contributed by atoms with Gasteiger partial charge in [0.2, 0.25) is 6.79 Å². The Balaban J connectivity index is 1.59. The van der Waals surface area contributed by atoms with Crippen molar-refractivity contribution in [3.8, 4) is 17.2 Å². The topological polar surface area (TPSA) is 56.8 Å². The van der Waals surface area contributed by atoms with Crippen molar-refractivity contribution in [2.24, 2.45) is 0 Å². The summed E-state index contributed by atoms with van der Waals surface area (Å²) in [4.78, 5) is 12.4. The molecule has 1 aliphatic heterocycles. The highest BCUT2D eigenvalue weighted by Gasteiger charge is 2.19. The normalized spacial score (nSPS) is 13.4. The molecule has 1 amide bonds. The standard InChI is InChI=1S/C19H20ClNO4/c1-3-16(25-14-5-6-15(20)12(2)8-14)19(22)21-10-13-4-7-17-18(9-13)24-11-23-17/h4-9,16H,3,10-11H2,1-2H3,(H,21,22). The Kier molecular flexibility index (Phi) is 5.34. The van der Waals surface area contributed by atoms with Crippen LogP contribution in [0.3, 0.4) is 0 Å². The molecule has 0 radical (unpaired) electrons. The van der Waals surface area contributed by atoms with E-state index in [1.807, 2.05) is 38.1 Å². The summed E-state index contributed by atoms with van der Waals surface area (Å²) in [5.41, 5.74) is 1.85. The zero-order valence-electron chi connectivity index (χ0n) is 14.2. The van der Waals surface area contributed by atoms with Gasteiger partial charge in [-0.1, -0.05) is 24.6 Å². The predicted octanol–water partition coefficient (Wildman–Crippen LogP) is 3.85. The van der Waals surface area contributed by atoms with Gasteiger partial charge in [0.25, 0.3) is 5.91 Å². The summed E-state index contributed by atoms with van der Waals surface area (Å²) in [5.74, 6) is 1.90. The third kappa shape index (κ3) is 4.17. The first kappa shape index (κ1) is 17.4. The first-order chi connectivity index (χ1) is 12.1. The molecule has 1 atom stereocenters. The number of halogens is 1. The SMILES string of the molecule is CCC(Oc1ccc(Cl)c(C)c1)C(=O)NCc1ccc2c(c1)OCO2. The summed E-state index contributed by atoms with van der Waals surface area (Å²) in [6.07, 6.45) is 0.00356. The Morgan fingerprint density at radius 2 is 2.04 bits per heavy atom. The van der Waals surface area contributed by atoms with Crippen molar-refractivity contribution in [2.75, 3.05) is 6.79 Å². The quantitative estimate of drug-likeness (QED) is 0.849. The Labute approximate surface area is 151 Å². The van der Waals surface area contributed by atoms with Crippen molar-refractivity contribution in [1.82, 2.24) is 5.32 Å². The van der Waals surface area contributed by atoms with Crippen molar-refractivity contribution in [1.29, 1.82) is 0 Å². The fraction of sp³-hybridized carbons (Fsp3) is 0.316. The molecule has 3 rings (SSSR count). The van der Waals surface area contributed by atoms with Gasteiger partial charge in [0.05, 0.1) is 0 Å². The molecule has 0 aromatic heterocycles. The molecule has 0 spiro atoms. The molecular formula is C19H20ClNO4. The van der Waals surface area contributed by atoms with E-state index in [0.29, 0.717) is 29.5 Å². The van der Waals surface area contributed by atoms with Gasteiger partial charge in [-0.25, -0.2) is 0 Å². The zero-order valence-corrected chi connectivity index (χ0v) is 14.9. The number of nitrogens with one attached hydrogen (secondary N) is 1. The highest BCUT2D eigenvalue weighted by Crippen LogP contribution is 2.32. The highest BCUT2D eigenvalue weighted by molar-refractivity contribution is 6.31. The first-order valence-electron chi connectivity index (χ1n) is 8.16. The van der Waals surface area contributed by atoms with Gasteiger partial charge in [-0.05, 0) is 54.8 Å². The van der Waals surface area contributed by atoms with E-state index in [1.165, 1.54) is 0 Å². The number of carbonyl (C=O) groups is 1. The number of hydrogen-bond acceptors (Lipinski definition) is 4. The molecule has 1 unspecified atom stereocenters. The lowest BCUT2D eigenvalue weighted by molar-refractivity contribution is -0.128. The maximum absolute atomic E-state index is 12.4. The third-order valence-corrected chi connectivity index (χ3v) is 4.40. The first-order valence-corrected chi connectivity index (χ1v) is 8.53. The van der Waals surface area contributed by atoms with Crippen LogP contribution < -0.4 is 19.5 Å².